The van der Waals surface area contributed by atoms with Gasteiger partial charge in [0.05, 0.1) is 19.8 Å². The van der Waals surface area contributed by atoms with Crippen molar-refractivity contribution in [1.29, 1.82) is 0 Å². The number of aromatic nitrogens is 1. The Morgan fingerprint density at radius 1 is 1.33 bits per heavy atom. The SMILES string of the molecule is CCNC(COC(C)C)Cc1ccc(OC)nc1. The van der Waals surface area contributed by atoms with Gasteiger partial charge in [0.1, 0.15) is 0 Å². The van der Waals surface area contributed by atoms with E-state index in [0.717, 1.165) is 19.6 Å². The van der Waals surface area contributed by atoms with Crippen LogP contribution in [0.3, 0.4) is 0 Å². The molecule has 0 aliphatic heterocycles. The highest BCUT2D eigenvalue weighted by Gasteiger charge is 2.10. The van der Waals surface area contributed by atoms with Gasteiger partial charge < -0.3 is 14.8 Å². The molecule has 4 heteroatoms. The largest absolute Gasteiger partial charge is 0.481 e. The first-order chi connectivity index (χ1) is 8.65. The molecule has 1 unspecified atom stereocenters. The first-order valence-electron chi connectivity index (χ1n) is 6.49. The second-order valence-corrected chi connectivity index (χ2v) is 4.55. The molecule has 1 aromatic rings. The maximum atomic E-state index is 5.67. The summed E-state index contributed by atoms with van der Waals surface area (Å²) in [6, 6.07) is 4.26. The van der Waals surface area contributed by atoms with Crippen molar-refractivity contribution < 1.29 is 9.47 Å². The summed E-state index contributed by atoms with van der Waals surface area (Å²) in [6.07, 6.45) is 3.04. The molecule has 0 saturated heterocycles. The average Bonchev–Trinajstić information content (AvgIpc) is 2.37. The molecule has 1 N–H and O–H groups in total. The van der Waals surface area contributed by atoms with Crippen LogP contribution >= 0.6 is 0 Å². The van der Waals surface area contributed by atoms with E-state index in [1.807, 2.05) is 18.3 Å². The number of ether oxygens (including phenoxy) is 2. The summed E-state index contributed by atoms with van der Waals surface area (Å²) in [5, 5.41) is 3.43. The van der Waals surface area contributed by atoms with Gasteiger partial charge in [-0.1, -0.05) is 13.0 Å². The molecule has 0 aromatic carbocycles. The van der Waals surface area contributed by atoms with Gasteiger partial charge in [-0.3, -0.25) is 0 Å². The van der Waals surface area contributed by atoms with Crippen molar-refractivity contribution in [3.8, 4) is 5.88 Å². The summed E-state index contributed by atoms with van der Waals surface area (Å²) in [4.78, 5) is 4.21. The van der Waals surface area contributed by atoms with Gasteiger partial charge in [-0.25, -0.2) is 4.98 Å². The van der Waals surface area contributed by atoms with E-state index in [2.05, 4.69) is 31.1 Å². The number of rotatable bonds is 8. The predicted octanol–water partition coefficient (Wildman–Crippen LogP) is 2.04. The molecule has 0 aliphatic rings. The van der Waals surface area contributed by atoms with E-state index in [9.17, 15) is 0 Å². The quantitative estimate of drug-likeness (QED) is 0.769. The Morgan fingerprint density at radius 3 is 2.61 bits per heavy atom. The van der Waals surface area contributed by atoms with Gasteiger partial charge in [-0.15, -0.1) is 0 Å². The van der Waals surface area contributed by atoms with Gasteiger partial charge in [0.15, 0.2) is 0 Å². The van der Waals surface area contributed by atoms with Gasteiger partial charge in [0, 0.05) is 18.3 Å². The zero-order valence-electron chi connectivity index (χ0n) is 11.8. The average molecular weight is 252 g/mol. The number of nitrogens with zero attached hydrogens (tertiary/aromatic N) is 1. The maximum absolute atomic E-state index is 5.67. The van der Waals surface area contributed by atoms with E-state index >= 15 is 0 Å². The topological polar surface area (TPSA) is 43.4 Å². The summed E-state index contributed by atoms with van der Waals surface area (Å²) < 4.78 is 10.7. The van der Waals surface area contributed by atoms with Crippen LogP contribution in [0.2, 0.25) is 0 Å². The number of nitrogens with one attached hydrogen (secondary N) is 1. The molecule has 0 radical (unpaired) electrons. The van der Waals surface area contributed by atoms with E-state index in [1.54, 1.807) is 7.11 Å². The van der Waals surface area contributed by atoms with E-state index in [-0.39, 0.29) is 6.10 Å². The minimum absolute atomic E-state index is 0.264. The van der Waals surface area contributed by atoms with Gasteiger partial charge in [-0.05, 0) is 32.4 Å². The number of likely N-dealkylation sites (N-methyl/N-ethyl adjacent to an activating group) is 1. The zero-order chi connectivity index (χ0) is 13.4. The van der Waals surface area contributed by atoms with Crippen LogP contribution in [-0.4, -0.2) is 37.4 Å². The Kier molecular flexibility index (Phi) is 6.68. The van der Waals surface area contributed by atoms with Crippen molar-refractivity contribution in [2.24, 2.45) is 0 Å². The van der Waals surface area contributed by atoms with Crippen molar-refractivity contribution in [3.05, 3.63) is 23.9 Å². The second kappa shape index (κ2) is 8.06. The van der Waals surface area contributed by atoms with Crippen molar-refractivity contribution in [2.45, 2.75) is 39.3 Å². The molecule has 0 saturated carbocycles. The molecule has 18 heavy (non-hydrogen) atoms. The lowest BCUT2D eigenvalue weighted by molar-refractivity contribution is 0.0616. The van der Waals surface area contributed by atoms with E-state index in [4.69, 9.17) is 9.47 Å². The molecule has 0 fully saturated rings. The van der Waals surface area contributed by atoms with Gasteiger partial charge in [0.25, 0.3) is 0 Å². The molecule has 0 aliphatic carbocycles. The van der Waals surface area contributed by atoms with Crippen molar-refractivity contribution >= 4 is 0 Å². The van der Waals surface area contributed by atoms with Crippen LogP contribution in [0, 0.1) is 0 Å². The van der Waals surface area contributed by atoms with Crippen LogP contribution in [0.4, 0.5) is 0 Å². The van der Waals surface area contributed by atoms with Gasteiger partial charge in [-0.2, -0.15) is 0 Å². The van der Waals surface area contributed by atoms with Crippen LogP contribution in [0.15, 0.2) is 18.3 Å². The molecule has 0 amide bonds. The highest BCUT2D eigenvalue weighted by molar-refractivity contribution is 5.18. The van der Waals surface area contributed by atoms with Crippen LogP contribution in [0.5, 0.6) is 5.88 Å². The number of hydrogen-bond donors (Lipinski definition) is 1. The fourth-order valence-corrected chi connectivity index (χ4v) is 1.72. The first-order valence-corrected chi connectivity index (χ1v) is 6.49. The number of hydrogen-bond acceptors (Lipinski definition) is 4. The zero-order valence-corrected chi connectivity index (χ0v) is 11.8. The molecule has 0 spiro atoms. The lowest BCUT2D eigenvalue weighted by Gasteiger charge is -2.19. The maximum Gasteiger partial charge on any atom is 0.212 e. The first kappa shape index (κ1) is 14.9. The van der Waals surface area contributed by atoms with E-state index < -0.39 is 0 Å². The van der Waals surface area contributed by atoms with Crippen LogP contribution < -0.4 is 10.1 Å². The van der Waals surface area contributed by atoms with E-state index in [0.29, 0.717) is 11.9 Å². The van der Waals surface area contributed by atoms with Crippen LogP contribution in [-0.2, 0) is 11.2 Å². The summed E-state index contributed by atoms with van der Waals surface area (Å²) >= 11 is 0. The lowest BCUT2D eigenvalue weighted by atomic mass is 10.1. The fraction of sp³-hybridized carbons (Fsp3) is 0.643. The highest BCUT2D eigenvalue weighted by Crippen LogP contribution is 2.09. The van der Waals surface area contributed by atoms with Crippen LogP contribution in [0.25, 0.3) is 0 Å². The monoisotopic (exact) mass is 252 g/mol. The Hall–Kier alpha value is -1.13. The minimum Gasteiger partial charge on any atom is -0.481 e. The molecule has 1 rings (SSSR count). The molecule has 4 nitrogen and oxygen atoms in total. The summed E-state index contributed by atoms with van der Waals surface area (Å²) in [5.41, 5.74) is 1.19. The third-order valence-electron chi connectivity index (χ3n) is 2.61. The number of methoxy groups -OCH3 is 1. The smallest absolute Gasteiger partial charge is 0.212 e. The van der Waals surface area contributed by atoms with E-state index in [1.165, 1.54) is 5.56 Å². The molecule has 1 aromatic heterocycles. The molecule has 1 atom stereocenters. The molecular formula is C14H24N2O2. The molecule has 0 bridgehead atoms. The fourth-order valence-electron chi connectivity index (χ4n) is 1.72. The predicted molar refractivity (Wildman–Crippen MR) is 73.0 cm³/mol. The highest BCUT2D eigenvalue weighted by atomic mass is 16.5. The third-order valence-corrected chi connectivity index (χ3v) is 2.61. The molecule has 102 valence electrons. The molecule has 1 heterocycles. The van der Waals surface area contributed by atoms with Gasteiger partial charge in [0.2, 0.25) is 5.88 Å². The van der Waals surface area contributed by atoms with Crippen molar-refractivity contribution in [1.82, 2.24) is 10.3 Å². The normalized spacial score (nSPS) is 12.7. The summed E-state index contributed by atoms with van der Waals surface area (Å²) in [6.45, 7) is 7.87. The summed E-state index contributed by atoms with van der Waals surface area (Å²) in [5.74, 6) is 0.650. The Bertz CT molecular complexity index is 325. The summed E-state index contributed by atoms with van der Waals surface area (Å²) in [7, 11) is 1.62. The lowest BCUT2D eigenvalue weighted by Crippen LogP contribution is -2.36. The van der Waals surface area contributed by atoms with Crippen molar-refractivity contribution in [3.63, 3.8) is 0 Å². The Morgan fingerprint density at radius 2 is 2.11 bits per heavy atom. The second-order valence-electron chi connectivity index (χ2n) is 4.55. The van der Waals surface area contributed by atoms with Gasteiger partial charge >= 0.3 is 0 Å². The standard InChI is InChI=1S/C14H24N2O2/c1-5-15-13(10-18-11(2)3)8-12-6-7-14(17-4)16-9-12/h6-7,9,11,13,15H,5,8,10H2,1-4H3. The van der Waals surface area contributed by atoms with Crippen molar-refractivity contribution in [2.75, 3.05) is 20.3 Å². The molecular weight excluding hydrogens is 228 g/mol. The minimum atomic E-state index is 0.264. The Balaban J connectivity index is 2.52. The Labute approximate surface area is 110 Å². The third kappa shape index (κ3) is 5.47. The number of pyridine rings is 1. The van der Waals surface area contributed by atoms with Crippen LogP contribution in [0.1, 0.15) is 26.3 Å².